The van der Waals surface area contributed by atoms with E-state index in [-0.39, 0.29) is 11.9 Å². The second kappa shape index (κ2) is 6.03. The number of benzene rings is 1. The second-order valence-electron chi connectivity index (χ2n) is 4.31. The van der Waals surface area contributed by atoms with E-state index in [9.17, 15) is 4.79 Å². The van der Waals surface area contributed by atoms with Gasteiger partial charge in [-0.05, 0) is 43.5 Å². The summed E-state index contributed by atoms with van der Waals surface area (Å²) in [5, 5.41) is 3.89. The third kappa shape index (κ3) is 3.72. The molecule has 1 rings (SSSR count). The zero-order valence-corrected chi connectivity index (χ0v) is 11.2. The van der Waals surface area contributed by atoms with Crippen LogP contribution in [-0.2, 0) is 4.79 Å². The third-order valence-electron chi connectivity index (χ3n) is 2.89. The topological polar surface area (TPSA) is 55.1 Å². The quantitative estimate of drug-likeness (QED) is 0.849. The standard InChI is InChI=1S/C13H19ClN2O/c1-4-9(3)16-12(13(15)17)11-6-5-10(14)7-8(11)2/h5-7,9,12,16H,4H2,1-3H3,(H2,15,17). The van der Waals surface area contributed by atoms with E-state index >= 15 is 0 Å². The van der Waals surface area contributed by atoms with E-state index in [1.807, 2.05) is 26.0 Å². The number of nitrogens with two attached hydrogens (primary N) is 1. The molecule has 0 saturated carbocycles. The van der Waals surface area contributed by atoms with E-state index < -0.39 is 6.04 Å². The van der Waals surface area contributed by atoms with Crippen LogP contribution in [-0.4, -0.2) is 11.9 Å². The first-order valence-corrected chi connectivity index (χ1v) is 6.15. The van der Waals surface area contributed by atoms with Crippen molar-refractivity contribution < 1.29 is 4.79 Å². The largest absolute Gasteiger partial charge is 0.368 e. The van der Waals surface area contributed by atoms with Crippen LogP contribution in [0.3, 0.4) is 0 Å². The number of nitrogens with one attached hydrogen (secondary N) is 1. The Hall–Kier alpha value is -1.06. The van der Waals surface area contributed by atoms with Gasteiger partial charge in [0.2, 0.25) is 5.91 Å². The highest BCUT2D eigenvalue weighted by Gasteiger charge is 2.20. The zero-order chi connectivity index (χ0) is 13.0. The molecule has 94 valence electrons. The van der Waals surface area contributed by atoms with Crippen molar-refractivity contribution in [3.05, 3.63) is 34.3 Å². The molecule has 0 aliphatic heterocycles. The van der Waals surface area contributed by atoms with Crippen molar-refractivity contribution in [2.24, 2.45) is 5.73 Å². The molecular formula is C13H19ClN2O. The molecule has 1 aromatic rings. The maximum absolute atomic E-state index is 11.5. The highest BCUT2D eigenvalue weighted by atomic mass is 35.5. The molecule has 1 amide bonds. The smallest absolute Gasteiger partial charge is 0.239 e. The molecule has 17 heavy (non-hydrogen) atoms. The number of primary amides is 1. The van der Waals surface area contributed by atoms with Crippen molar-refractivity contribution >= 4 is 17.5 Å². The van der Waals surface area contributed by atoms with E-state index in [0.717, 1.165) is 17.5 Å². The Bertz CT molecular complexity index is 406. The molecule has 4 heteroatoms. The first-order valence-electron chi connectivity index (χ1n) is 5.77. The summed E-state index contributed by atoms with van der Waals surface area (Å²) in [4.78, 5) is 11.5. The molecule has 0 aromatic heterocycles. The Morgan fingerprint density at radius 1 is 1.53 bits per heavy atom. The van der Waals surface area contributed by atoms with E-state index in [0.29, 0.717) is 5.02 Å². The van der Waals surface area contributed by atoms with Crippen LogP contribution in [0.4, 0.5) is 0 Å². The minimum Gasteiger partial charge on any atom is -0.368 e. The van der Waals surface area contributed by atoms with Crippen LogP contribution >= 0.6 is 11.6 Å². The van der Waals surface area contributed by atoms with Crippen molar-refractivity contribution in [3.8, 4) is 0 Å². The van der Waals surface area contributed by atoms with E-state index in [1.54, 1.807) is 6.07 Å². The number of rotatable bonds is 5. The van der Waals surface area contributed by atoms with Gasteiger partial charge in [-0.25, -0.2) is 0 Å². The molecular weight excluding hydrogens is 236 g/mol. The van der Waals surface area contributed by atoms with Gasteiger partial charge >= 0.3 is 0 Å². The number of carbonyl (C=O) groups is 1. The summed E-state index contributed by atoms with van der Waals surface area (Å²) in [7, 11) is 0. The summed E-state index contributed by atoms with van der Waals surface area (Å²) < 4.78 is 0. The van der Waals surface area contributed by atoms with E-state index in [2.05, 4.69) is 12.2 Å². The first-order chi connectivity index (χ1) is 7.95. The van der Waals surface area contributed by atoms with Crippen LogP contribution in [0.2, 0.25) is 5.02 Å². The fourth-order valence-corrected chi connectivity index (χ4v) is 1.92. The molecule has 0 saturated heterocycles. The normalized spacial score (nSPS) is 14.4. The molecule has 3 N–H and O–H groups in total. The molecule has 2 unspecified atom stereocenters. The molecule has 0 radical (unpaired) electrons. The SMILES string of the molecule is CCC(C)NC(C(N)=O)c1ccc(Cl)cc1C. The summed E-state index contributed by atoms with van der Waals surface area (Å²) in [6.45, 7) is 6.01. The maximum atomic E-state index is 11.5. The Balaban J connectivity index is 3.01. The van der Waals surface area contributed by atoms with Gasteiger partial charge in [0, 0.05) is 11.1 Å². The lowest BCUT2D eigenvalue weighted by Gasteiger charge is -2.21. The Kier molecular flexibility index (Phi) is 4.97. The van der Waals surface area contributed by atoms with Crippen LogP contribution in [0.15, 0.2) is 18.2 Å². The number of aryl methyl sites for hydroxylation is 1. The molecule has 0 bridgehead atoms. The lowest BCUT2D eigenvalue weighted by atomic mass is 10.00. The highest BCUT2D eigenvalue weighted by Crippen LogP contribution is 2.22. The molecule has 0 aliphatic carbocycles. The molecule has 0 spiro atoms. The van der Waals surface area contributed by atoms with Gasteiger partial charge in [0.1, 0.15) is 6.04 Å². The first kappa shape index (κ1) is 14.0. The van der Waals surface area contributed by atoms with Crippen molar-refractivity contribution in [2.45, 2.75) is 39.3 Å². The highest BCUT2D eigenvalue weighted by molar-refractivity contribution is 6.30. The number of carbonyl (C=O) groups excluding carboxylic acids is 1. The second-order valence-corrected chi connectivity index (χ2v) is 4.75. The van der Waals surface area contributed by atoms with Crippen molar-refractivity contribution in [2.75, 3.05) is 0 Å². The molecule has 0 aliphatic rings. The van der Waals surface area contributed by atoms with Crippen molar-refractivity contribution in [1.82, 2.24) is 5.32 Å². The van der Waals surface area contributed by atoms with Gasteiger partial charge in [-0.2, -0.15) is 0 Å². The Labute approximate surface area is 107 Å². The van der Waals surface area contributed by atoms with Crippen molar-refractivity contribution in [3.63, 3.8) is 0 Å². The van der Waals surface area contributed by atoms with Gasteiger partial charge in [0.25, 0.3) is 0 Å². The number of hydrogen-bond donors (Lipinski definition) is 2. The number of amides is 1. The third-order valence-corrected chi connectivity index (χ3v) is 3.13. The monoisotopic (exact) mass is 254 g/mol. The number of halogens is 1. The Morgan fingerprint density at radius 2 is 2.18 bits per heavy atom. The van der Waals surface area contributed by atoms with Crippen LogP contribution in [0.5, 0.6) is 0 Å². The fourth-order valence-electron chi connectivity index (χ4n) is 1.69. The minimum atomic E-state index is -0.456. The lowest BCUT2D eigenvalue weighted by Crippen LogP contribution is -2.38. The number of hydrogen-bond acceptors (Lipinski definition) is 2. The van der Waals surface area contributed by atoms with Gasteiger partial charge in [0.05, 0.1) is 0 Å². The van der Waals surface area contributed by atoms with Crippen molar-refractivity contribution in [1.29, 1.82) is 0 Å². The van der Waals surface area contributed by atoms with E-state index in [1.165, 1.54) is 0 Å². The fraction of sp³-hybridized carbons (Fsp3) is 0.462. The van der Waals surface area contributed by atoms with Crippen LogP contribution in [0, 0.1) is 6.92 Å². The molecule has 2 atom stereocenters. The van der Waals surface area contributed by atoms with Gasteiger partial charge < -0.3 is 5.73 Å². The maximum Gasteiger partial charge on any atom is 0.239 e. The van der Waals surface area contributed by atoms with Crippen LogP contribution in [0.25, 0.3) is 0 Å². The average molecular weight is 255 g/mol. The van der Waals surface area contributed by atoms with Gasteiger partial charge in [0.15, 0.2) is 0 Å². The van der Waals surface area contributed by atoms with Gasteiger partial charge in [-0.1, -0.05) is 24.6 Å². The predicted octanol–water partition coefficient (Wildman–Crippen LogP) is 2.56. The summed E-state index contributed by atoms with van der Waals surface area (Å²) in [6.07, 6.45) is 0.941. The van der Waals surface area contributed by atoms with Gasteiger partial charge in [-0.3, -0.25) is 10.1 Å². The zero-order valence-electron chi connectivity index (χ0n) is 10.5. The summed E-state index contributed by atoms with van der Waals surface area (Å²) in [6, 6.07) is 5.25. The van der Waals surface area contributed by atoms with E-state index in [4.69, 9.17) is 17.3 Å². The molecule has 3 nitrogen and oxygen atoms in total. The van der Waals surface area contributed by atoms with Gasteiger partial charge in [-0.15, -0.1) is 0 Å². The summed E-state index contributed by atoms with van der Waals surface area (Å²) >= 11 is 5.90. The molecule has 1 aromatic carbocycles. The molecule has 0 heterocycles. The lowest BCUT2D eigenvalue weighted by molar-refractivity contribution is -0.120. The predicted molar refractivity (Wildman–Crippen MR) is 71.0 cm³/mol. The Morgan fingerprint density at radius 3 is 2.65 bits per heavy atom. The summed E-state index contributed by atoms with van der Waals surface area (Å²) in [5.74, 6) is -0.365. The average Bonchev–Trinajstić information content (AvgIpc) is 2.26. The molecule has 0 fully saturated rings. The van der Waals surface area contributed by atoms with Crippen LogP contribution in [0.1, 0.15) is 37.4 Å². The summed E-state index contributed by atoms with van der Waals surface area (Å²) in [5.41, 5.74) is 7.30. The minimum absolute atomic E-state index is 0.238. The van der Waals surface area contributed by atoms with Crippen LogP contribution < -0.4 is 11.1 Å².